The first-order valence-corrected chi connectivity index (χ1v) is 5.34. The number of hydrogen-bond acceptors (Lipinski definition) is 2. The van der Waals surface area contributed by atoms with Crippen LogP contribution in [-0.2, 0) is 0 Å². The normalized spacial score (nSPS) is 12.2. The van der Waals surface area contributed by atoms with Crippen LogP contribution in [0.5, 0.6) is 0 Å². The molecule has 0 aliphatic rings. The fourth-order valence-corrected chi connectivity index (χ4v) is 1.51. The third kappa shape index (κ3) is 3.04. The zero-order valence-corrected chi connectivity index (χ0v) is 9.88. The summed E-state index contributed by atoms with van der Waals surface area (Å²) in [4.78, 5) is 0. The molecule has 0 aliphatic carbocycles. The molecular weight excluding hydrogens is 240 g/mol. The molecule has 0 fully saturated rings. The Balaban J connectivity index is 2.73. The van der Waals surface area contributed by atoms with Crippen molar-refractivity contribution in [1.82, 2.24) is 0 Å². The van der Waals surface area contributed by atoms with Gasteiger partial charge in [0.15, 0.2) is 0 Å². The Hall–Kier alpha value is -1.01. The molecule has 1 N–H and O–H groups in total. The number of rotatable bonds is 3. The van der Waals surface area contributed by atoms with Crippen molar-refractivity contribution >= 4 is 21.6 Å². The summed E-state index contributed by atoms with van der Waals surface area (Å²) in [5.74, 6) is 0.305. The number of nitrogens with one attached hydrogen (secondary N) is 1. The van der Waals surface area contributed by atoms with Gasteiger partial charge in [-0.2, -0.15) is 5.26 Å². The molecule has 3 heteroatoms. The highest BCUT2D eigenvalue weighted by molar-refractivity contribution is 9.10. The first-order valence-electron chi connectivity index (χ1n) is 4.55. The molecule has 2 nitrogen and oxygen atoms in total. The van der Waals surface area contributed by atoms with E-state index in [1.807, 2.05) is 38.1 Å². The maximum absolute atomic E-state index is 8.90. The average molecular weight is 253 g/mol. The van der Waals surface area contributed by atoms with Gasteiger partial charge >= 0.3 is 0 Å². The lowest BCUT2D eigenvalue weighted by Gasteiger charge is -2.16. The summed E-state index contributed by atoms with van der Waals surface area (Å²) in [6.45, 7) is 4.05. The van der Waals surface area contributed by atoms with E-state index in [1.165, 1.54) is 0 Å². The Kier molecular flexibility index (Phi) is 3.97. The third-order valence-electron chi connectivity index (χ3n) is 1.95. The number of benzene rings is 1. The van der Waals surface area contributed by atoms with Crippen LogP contribution < -0.4 is 5.32 Å². The summed E-state index contributed by atoms with van der Waals surface area (Å²) < 4.78 is 1.02. The van der Waals surface area contributed by atoms with Crippen molar-refractivity contribution in [2.45, 2.75) is 19.9 Å². The highest BCUT2D eigenvalue weighted by Gasteiger charge is 2.11. The van der Waals surface area contributed by atoms with Gasteiger partial charge in [0.1, 0.15) is 6.04 Å². The Morgan fingerprint density at radius 3 is 2.64 bits per heavy atom. The van der Waals surface area contributed by atoms with Gasteiger partial charge in [-0.05, 0) is 24.1 Å². The van der Waals surface area contributed by atoms with Gasteiger partial charge in [0.05, 0.1) is 6.07 Å². The molecule has 1 unspecified atom stereocenters. The maximum atomic E-state index is 8.90. The van der Waals surface area contributed by atoms with Gasteiger partial charge in [0.25, 0.3) is 0 Å². The predicted octanol–water partition coefficient (Wildman–Crippen LogP) is 3.41. The van der Waals surface area contributed by atoms with Gasteiger partial charge in [-0.1, -0.05) is 35.8 Å². The lowest BCUT2D eigenvalue weighted by Crippen LogP contribution is -2.23. The van der Waals surface area contributed by atoms with Gasteiger partial charge < -0.3 is 5.32 Å². The maximum Gasteiger partial charge on any atom is 0.116 e. The Labute approximate surface area is 93.1 Å². The van der Waals surface area contributed by atoms with Crippen molar-refractivity contribution in [2.24, 2.45) is 5.92 Å². The van der Waals surface area contributed by atoms with Crippen LogP contribution in [0.3, 0.4) is 0 Å². The van der Waals surface area contributed by atoms with Gasteiger partial charge in [-0.25, -0.2) is 0 Å². The lowest BCUT2D eigenvalue weighted by atomic mass is 10.1. The quantitative estimate of drug-likeness (QED) is 0.895. The van der Waals surface area contributed by atoms with Crippen LogP contribution in [0.2, 0.25) is 0 Å². The smallest absolute Gasteiger partial charge is 0.116 e. The van der Waals surface area contributed by atoms with Crippen LogP contribution in [0.4, 0.5) is 5.69 Å². The van der Waals surface area contributed by atoms with Gasteiger partial charge in [0.2, 0.25) is 0 Å². The van der Waals surface area contributed by atoms with Crippen molar-refractivity contribution < 1.29 is 0 Å². The highest BCUT2D eigenvalue weighted by Crippen LogP contribution is 2.17. The molecule has 0 saturated carbocycles. The second-order valence-electron chi connectivity index (χ2n) is 3.51. The first-order chi connectivity index (χ1) is 6.63. The largest absolute Gasteiger partial charge is 0.370 e. The third-order valence-corrected chi connectivity index (χ3v) is 2.45. The molecule has 14 heavy (non-hydrogen) atoms. The fraction of sp³-hybridized carbons (Fsp3) is 0.364. The molecule has 0 aromatic heterocycles. The second-order valence-corrected chi connectivity index (χ2v) is 4.42. The molecule has 0 heterocycles. The van der Waals surface area contributed by atoms with Crippen molar-refractivity contribution in [2.75, 3.05) is 5.32 Å². The molecule has 0 amide bonds. The van der Waals surface area contributed by atoms with Gasteiger partial charge in [-0.15, -0.1) is 0 Å². The summed E-state index contributed by atoms with van der Waals surface area (Å²) >= 11 is 3.39. The minimum absolute atomic E-state index is 0.135. The van der Waals surface area contributed by atoms with Crippen LogP contribution in [0.15, 0.2) is 28.7 Å². The number of nitrogens with zero attached hydrogens (tertiary/aromatic N) is 1. The van der Waals surface area contributed by atoms with Crippen molar-refractivity contribution in [3.8, 4) is 6.07 Å². The molecule has 0 aliphatic heterocycles. The van der Waals surface area contributed by atoms with Gasteiger partial charge in [0, 0.05) is 10.2 Å². The molecule has 0 spiro atoms. The van der Waals surface area contributed by atoms with Crippen molar-refractivity contribution in [1.29, 1.82) is 5.26 Å². The van der Waals surface area contributed by atoms with E-state index in [4.69, 9.17) is 5.26 Å². The van der Waals surface area contributed by atoms with E-state index in [0.29, 0.717) is 5.92 Å². The molecule has 74 valence electrons. The SMILES string of the molecule is CC(C)C(C#N)Nc1cccc(Br)c1. The zero-order valence-electron chi connectivity index (χ0n) is 8.29. The molecule has 1 rings (SSSR count). The lowest BCUT2D eigenvalue weighted by molar-refractivity contribution is 0.609. The number of nitriles is 1. The predicted molar refractivity (Wildman–Crippen MR) is 62.0 cm³/mol. The average Bonchev–Trinajstić information content (AvgIpc) is 2.14. The standard InChI is InChI=1S/C11H13BrN2/c1-8(2)11(7-13)14-10-5-3-4-9(12)6-10/h3-6,8,11,14H,1-2H3. The molecule has 0 saturated heterocycles. The minimum atomic E-state index is -0.135. The van der Waals surface area contributed by atoms with E-state index in [0.717, 1.165) is 10.2 Å². The molecule has 1 aromatic rings. The fourth-order valence-electron chi connectivity index (χ4n) is 1.11. The Morgan fingerprint density at radius 2 is 2.14 bits per heavy atom. The summed E-state index contributed by atoms with van der Waals surface area (Å²) in [7, 11) is 0. The van der Waals surface area contributed by atoms with E-state index >= 15 is 0 Å². The molecule has 0 bridgehead atoms. The minimum Gasteiger partial charge on any atom is -0.370 e. The summed E-state index contributed by atoms with van der Waals surface area (Å²) in [6, 6.07) is 9.93. The van der Waals surface area contributed by atoms with E-state index in [2.05, 4.69) is 27.3 Å². The molecule has 1 aromatic carbocycles. The topological polar surface area (TPSA) is 35.8 Å². The molecular formula is C11H13BrN2. The molecule has 1 atom stereocenters. The van der Waals surface area contributed by atoms with Crippen LogP contribution in [-0.4, -0.2) is 6.04 Å². The Morgan fingerprint density at radius 1 is 1.43 bits per heavy atom. The van der Waals surface area contributed by atoms with E-state index in [1.54, 1.807) is 0 Å². The Bertz CT molecular complexity index is 341. The zero-order chi connectivity index (χ0) is 10.6. The number of hydrogen-bond donors (Lipinski definition) is 1. The van der Waals surface area contributed by atoms with E-state index in [-0.39, 0.29) is 6.04 Å². The van der Waals surface area contributed by atoms with Crippen molar-refractivity contribution in [3.05, 3.63) is 28.7 Å². The number of anilines is 1. The second kappa shape index (κ2) is 5.02. The van der Waals surface area contributed by atoms with Gasteiger partial charge in [-0.3, -0.25) is 0 Å². The summed E-state index contributed by atoms with van der Waals surface area (Å²) in [5.41, 5.74) is 0.972. The van der Waals surface area contributed by atoms with Crippen LogP contribution in [0, 0.1) is 17.2 Å². The highest BCUT2D eigenvalue weighted by atomic mass is 79.9. The molecule has 0 radical (unpaired) electrons. The van der Waals surface area contributed by atoms with Crippen LogP contribution in [0.1, 0.15) is 13.8 Å². The van der Waals surface area contributed by atoms with Crippen LogP contribution in [0.25, 0.3) is 0 Å². The van der Waals surface area contributed by atoms with Crippen molar-refractivity contribution in [3.63, 3.8) is 0 Å². The number of halogens is 1. The van der Waals surface area contributed by atoms with Crippen LogP contribution >= 0.6 is 15.9 Å². The monoisotopic (exact) mass is 252 g/mol. The van der Waals surface area contributed by atoms with E-state index in [9.17, 15) is 0 Å². The van der Waals surface area contributed by atoms with E-state index < -0.39 is 0 Å². The summed E-state index contributed by atoms with van der Waals surface area (Å²) in [6.07, 6.45) is 0. The first kappa shape index (κ1) is 11.1. The summed E-state index contributed by atoms with van der Waals surface area (Å²) in [5, 5.41) is 12.1.